The minimum atomic E-state index is -0.785. The van der Waals surface area contributed by atoms with Crippen molar-refractivity contribution < 1.29 is 9.90 Å². The molecule has 0 radical (unpaired) electrons. The number of hydrogen-bond acceptors (Lipinski definition) is 4. The molecule has 0 spiro atoms. The highest BCUT2D eigenvalue weighted by Gasteiger charge is 2.34. The van der Waals surface area contributed by atoms with Gasteiger partial charge in [0.15, 0.2) is 0 Å². The summed E-state index contributed by atoms with van der Waals surface area (Å²) >= 11 is 0. The Morgan fingerprint density at radius 2 is 1.86 bits per heavy atom. The van der Waals surface area contributed by atoms with Gasteiger partial charge in [0, 0.05) is 44.1 Å². The zero-order chi connectivity index (χ0) is 15.5. The number of amides is 1. The molecule has 2 saturated heterocycles. The molecule has 6 nitrogen and oxygen atoms in total. The molecule has 2 fully saturated rings. The van der Waals surface area contributed by atoms with Crippen LogP contribution < -0.4 is 16.0 Å². The third kappa shape index (κ3) is 3.11. The van der Waals surface area contributed by atoms with E-state index in [1.165, 1.54) is 5.69 Å². The van der Waals surface area contributed by atoms with Gasteiger partial charge >= 0.3 is 6.09 Å². The highest BCUT2D eigenvalue weighted by atomic mass is 16.4. The average molecular weight is 304 g/mol. The first-order valence-corrected chi connectivity index (χ1v) is 7.96. The van der Waals surface area contributed by atoms with Gasteiger partial charge in [-0.1, -0.05) is 0 Å². The topological polar surface area (TPSA) is 81.8 Å². The van der Waals surface area contributed by atoms with Crippen LogP contribution in [0.15, 0.2) is 24.3 Å². The second-order valence-corrected chi connectivity index (χ2v) is 6.16. The zero-order valence-electron chi connectivity index (χ0n) is 12.7. The third-order valence-corrected chi connectivity index (χ3v) is 4.87. The van der Waals surface area contributed by atoms with Crippen LogP contribution in [0.2, 0.25) is 0 Å². The highest BCUT2D eigenvalue weighted by molar-refractivity contribution is 5.65. The smallest absolute Gasteiger partial charge is 0.407 e. The maximum absolute atomic E-state index is 11.4. The lowest BCUT2D eigenvalue weighted by atomic mass is 9.87. The van der Waals surface area contributed by atoms with Gasteiger partial charge in [-0.25, -0.2) is 4.79 Å². The number of hydrogen-bond donors (Lipinski definition) is 3. The fraction of sp³-hybridized carbons (Fsp3) is 0.562. The Hall–Kier alpha value is -1.95. The van der Waals surface area contributed by atoms with Crippen LogP contribution in [0.1, 0.15) is 12.8 Å². The molecule has 0 saturated carbocycles. The number of carboxylic acid groups (broad SMARTS) is 1. The molecule has 3 rings (SSSR count). The predicted octanol–water partition coefficient (Wildman–Crippen LogP) is 1.44. The van der Waals surface area contributed by atoms with Gasteiger partial charge in [-0.15, -0.1) is 0 Å². The van der Waals surface area contributed by atoms with Crippen molar-refractivity contribution in [3.8, 4) is 0 Å². The van der Waals surface area contributed by atoms with Crippen LogP contribution >= 0.6 is 0 Å². The lowest BCUT2D eigenvalue weighted by molar-refractivity contribution is 0.0828. The summed E-state index contributed by atoms with van der Waals surface area (Å²) in [6.07, 6.45) is 1.27. The van der Waals surface area contributed by atoms with E-state index in [-0.39, 0.29) is 6.04 Å². The molecule has 0 bridgehead atoms. The van der Waals surface area contributed by atoms with Crippen LogP contribution in [-0.4, -0.2) is 54.9 Å². The average Bonchev–Trinajstić information content (AvgIpc) is 2.56. The van der Waals surface area contributed by atoms with E-state index >= 15 is 0 Å². The van der Waals surface area contributed by atoms with Gasteiger partial charge in [0.1, 0.15) is 0 Å². The Morgan fingerprint density at radius 1 is 1.18 bits per heavy atom. The fourth-order valence-electron chi connectivity index (χ4n) is 3.61. The van der Waals surface area contributed by atoms with Gasteiger partial charge in [-0.05, 0) is 43.0 Å². The second kappa shape index (κ2) is 6.44. The first kappa shape index (κ1) is 15.0. The van der Waals surface area contributed by atoms with Gasteiger partial charge in [-0.3, -0.25) is 0 Å². The number of anilines is 2. The van der Waals surface area contributed by atoms with Crippen molar-refractivity contribution >= 4 is 17.5 Å². The van der Waals surface area contributed by atoms with Crippen LogP contribution in [0.5, 0.6) is 0 Å². The molecule has 2 aliphatic rings. The number of nitrogen functional groups attached to an aromatic ring is 1. The van der Waals surface area contributed by atoms with Crippen molar-refractivity contribution in [2.24, 2.45) is 5.92 Å². The van der Waals surface area contributed by atoms with Crippen molar-refractivity contribution in [3.05, 3.63) is 24.3 Å². The summed E-state index contributed by atoms with van der Waals surface area (Å²) in [4.78, 5) is 15.4. The standard InChI is InChI=1S/C16H24N4O2/c17-13-1-3-14(4-2-13)19-8-5-12(6-9-19)15-11-18-7-10-20(15)16(21)22/h1-4,12,15,18H,5-11,17H2,(H,21,22). The lowest BCUT2D eigenvalue weighted by Crippen LogP contribution is -2.57. The summed E-state index contributed by atoms with van der Waals surface area (Å²) in [5, 5.41) is 12.7. The molecule has 1 aromatic rings. The fourth-order valence-corrected chi connectivity index (χ4v) is 3.61. The number of piperidine rings is 1. The minimum Gasteiger partial charge on any atom is -0.465 e. The van der Waals surface area contributed by atoms with E-state index in [0.29, 0.717) is 12.5 Å². The van der Waals surface area contributed by atoms with E-state index in [0.717, 1.165) is 44.7 Å². The molecule has 120 valence electrons. The second-order valence-electron chi connectivity index (χ2n) is 6.16. The Bertz CT molecular complexity index is 511. The monoisotopic (exact) mass is 304 g/mol. The summed E-state index contributed by atoms with van der Waals surface area (Å²) < 4.78 is 0. The van der Waals surface area contributed by atoms with Crippen LogP contribution in [-0.2, 0) is 0 Å². The lowest BCUT2D eigenvalue weighted by Gasteiger charge is -2.43. The third-order valence-electron chi connectivity index (χ3n) is 4.87. The van der Waals surface area contributed by atoms with Crippen LogP contribution in [0.25, 0.3) is 0 Å². The molecule has 2 aliphatic heterocycles. The maximum Gasteiger partial charge on any atom is 0.407 e. The molecule has 4 N–H and O–H groups in total. The molecule has 1 amide bonds. The summed E-state index contributed by atoms with van der Waals surface area (Å²) in [5.41, 5.74) is 7.71. The minimum absolute atomic E-state index is 0.111. The van der Waals surface area contributed by atoms with E-state index in [1.54, 1.807) is 4.90 Å². The van der Waals surface area contributed by atoms with Crippen LogP contribution in [0.4, 0.5) is 16.2 Å². The van der Waals surface area contributed by atoms with Gasteiger partial charge in [0.05, 0.1) is 6.04 Å². The van der Waals surface area contributed by atoms with Crippen molar-refractivity contribution in [3.63, 3.8) is 0 Å². The molecule has 1 unspecified atom stereocenters. The Morgan fingerprint density at radius 3 is 2.50 bits per heavy atom. The van der Waals surface area contributed by atoms with Crippen LogP contribution in [0.3, 0.4) is 0 Å². The van der Waals surface area contributed by atoms with Crippen molar-refractivity contribution in [2.45, 2.75) is 18.9 Å². The van der Waals surface area contributed by atoms with E-state index in [2.05, 4.69) is 22.3 Å². The summed E-state index contributed by atoms with van der Waals surface area (Å²) in [6.45, 7) is 4.07. The normalized spacial score (nSPS) is 23.5. The molecule has 6 heteroatoms. The van der Waals surface area contributed by atoms with Crippen molar-refractivity contribution in [2.75, 3.05) is 43.4 Å². The molecule has 0 aliphatic carbocycles. The van der Waals surface area contributed by atoms with E-state index in [9.17, 15) is 9.90 Å². The molecular formula is C16H24N4O2. The summed E-state index contributed by atoms with van der Waals surface area (Å²) in [5.74, 6) is 0.439. The zero-order valence-corrected chi connectivity index (χ0v) is 12.7. The maximum atomic E-state index is 11.4. The van der Waals surface area contributed by atoms with Crippen molar-refractivity contribution in [1.29, 1.82) is 0 Å². The van der Waals surface area contributed by atoms with E-state index < -0.39 is 6.09 Å². The summed E-state index contributed by atoms with van der Waals surface area (Å²) in [6, 6.07) is 8.08. The number of nitrogens with two attached hydrogens (primary N) is 1. The Balaban J connectivity index is 1.61. The largest absolute Gasteiger partial charge is 0.465 e. The number of nitrogens with zero attached hydrogens (tertiary/aromatic N) is 2. The number of nitrogens with one attached hydrogen (secondary N) is 1. The first-order valence-electron chi connectivity index (χ1n) is 7.96. The van der Waals surface area contributed by atoms with Crippen LogP contribution in [0, 0.1) is 5.92 Å². The Kier molecular flexibility index (Phi) is 4.38. The Labute approximate surface area is 130 Å². The predicted molar refractivity (Wildman–Crippen MR) is 87.2 cm³/mol. The number of carbonyl (C=O) groups is 1. The van der Waals surface area contributed by atoms with Gasteiger partial charge in [0.25, 0.3) is 0 Å². The van der Waals surface area contributed by atoms with E-state index in [1.807, 2.05) is 12.1 Å². The quantitative estimate of drug-likeness (QED) is 0.720. The van der Waals surface area contributed by atoms with Gasteiger partial charge in [-0.2, -0.15) is 0 Å². The SMILES string of the molecule is Nc1ccc(N2CCC(C3CNCCN3C(=O)O)CC2)cc1. The van der Waals surface area contributed by atoms with Crippen molar-refractivity contribution in [1.82, 2.24) is 10.2 Å². The number of benzene rings is 1. The summed E-state index contributed by atoms with van der Waals surface area (Å²) in [7, 11) is 0. The molecule has 0 aromatic heterocycles. The number of rotatable bonds is 2. The number of piperazine rings is 1. The molecule has 1 aromatic carbocycles. The van der Waals surface area contributed by atoms with Gasteiger partial charge in [0.2, 0.25) is 0 Å². The first-order chi connectivity index (χ1) is 10.6. The van der Waals surface area contributed by atoms with E-state index in [4.69, 9.17) is 5.73 Å². The molecule has 22 heavy (non-hydrogen) atoms. The van der Waals surface area contributed by atoms with Gasteiger partial charge < -0.3 is 26.0 Å². The molecule has 1 atom stereocenters. The molecule has 2 heterocycles. The highest BCUT2D eigenvalue weighted by Crippen LogP contribution is 2.28. The molecular weight excluding hydrogens is 280 g/mol.